The number of rotatable bonds is 2. The molecule has 88 valence electrons. The maximum absolute atomic E-state index is 13.1. The normalized spacial score (nSPS) is 10.3. The van der Waals surface area contributed by atoms with Gasteiger partial charge < -0.3 is 10.5 Å². The molecule has 0 radical (unpaired) electrons. The summed E-state index contributed by atoms with van der Waals surface area (Å²) in [5, 5.41) is 0. The third kappa shape index (κ3) is 2.88. The fraction of sp³-hybridized carbons (Fsp3) is 0.0769. The van der Waals surface area contributed by atoms with E-state index in [0.29, 0.717) is 22.7 Å². The van der Waals surface area contributed by atoms with Gasteiger partial charge in [-0.1, -0.05) is 0 Å². The Morgan fingerprint density at radius 3 is 2.59 bits per heavy atom. The van der Waals surface area contributed by atoms with Crippen molar-refractivity contribution in [3.8, 4) is 11.5 Å². The molecule has 2 rings (SSSR count). The molecule has 0 aliphatic rings. The molecule has 0 atom stereocenters. The van der Waals surface area contributed by atoms with Crippen LogP contribution in [-0.4, -0.2) is 0 Å². The van der Waals surface area contributed by atoms with Crippen molar-refractivity contribution in [3.05, 3.63) is 51.3 Å². The molecule has 4 heteroatoms. The van der Waals surface area contributed by atoms with E-state index in [1.807, 2.05) is 12.1 Å². The maximum Gasteiger partial charge on any atom is 0.150 e. The first kappa shape index (κ1) is 12.2. The first-order valence-corrected chi connectivity index (χ1v) is 6.13. The lowest BCUT2D eigenvalue weighted by Gasteiger charge is -2.09. The van der Waals surface area contributed by atoms with Crippen molar-refractivity contribution < 1.29 is 9.13 Å². The molecular formula is C13H11FINO. The molecule has 0 bridgehead atoms. The molecule has 2 N–H and O–H groups in total. The Morgan fingerprint density at radius 1 is 1.18 bits per heavy atom. The van der Waals surface area contributed by atoms with Gasteiger partial charge in [-0.05, 0) is 71.5 Å². The van der Waals surface area contributed by atoms with Crippen LogP contribution in [0.15, 0.2) is 36.4 Å². The Kier molecular flexibility index (Phi) is 3.51. The molecule has 0 spiro atoms. The van der Waals surface area contributed by atoms with Crippen molar-refractivity contribution in [2.45, 2.75) is 6.92 Å². The number of halogens is 2. The average Bonchev–Trinajstić information content (AvgIpc) is 2.27. The number of hydrogen-bond acceptors (Lipinski definition) is 2. The fourth-order valence-electron chi connectivity index (χ4n) is 1.42. The summed E-state index contributed by atoms with van der Waals surface area (Å²) in [6, 6.07) is 10.1. The van der Waals surface area contributed by atoms with Crippen molar-refractivity contribution in [1.29, 1.82) is 0 Å². The Bertz CT molecular complexity index is 557. The molecule has 0 aliphatic carbocycles. The number of aryl methyl sites for hydroxylation is 1. The predicted octanol–water partition coefficient (Wildman–Crippen LogP) is 4.11. The zero-order valence-corrected chi connectivity index (χ0v) is 11.4. The van der Waals surface area contributed by atoms with E-state index in [1.54, 1.807) is 25.1 Å². The van der Waals surface area contributed by atoms with E-state index >= 15 is 0 Å². The van der Waals surface area contributed by atoms with Crippen LogP contribution in [0.25, 0.3) is 0 Å². The van der Waals surface area contributed by atoms with Gasteiger partial charge in [-0.25, -0.2) is 4.39 Å². The van der Waals surface area contributed by atoms with Crippen molar-refractivity contribution in [3.63, 3.8) is 0 Å². The van der Waals surface area contributed by atoms with Gasteiger partial charge in [-0.2, -0.15) is 0 Å². The highest BCUT2D eigenvalue weighted by Crippen LogP contribution is 2.29. The lowest BCUT2D eigenvalue weighted by atomic mass is 10.2. The van der Waals surface area contributed by atoms with E-state index in [2.05, 4.69) is 22.6 Å². The van der Waals surface area contributed by atoms with Gasteiger partial charge in [0.1, 0.15) is 17.3 Å². The standard InChI is InChI=1S/C13H11FINO/c1-8-6-10(3-4-11(8)14)17-13-5-2-9(15)7-12(13)16/h2-7H,16H2,1H3. The molecule has 0 aliphatic heterocycles. The number of anilines is 1. The molecule has 0 amide bonds. The summed E-state index contributed by atoms with van der Waals surface area (Å²) in [6.45, 7) is 1.69. The summed E-state index contributed by atoms with van der Waals surface area (Å²) in [5.74, 6) is 0.918. The van der Waals surface area contributed by atoms with Crippen LogP contribution in [0.5, 0.6) is 11.5 Å². The minimum absolute atomic E-state index is 0.243. The van der Waals surface area contributed by atoms with Crippen LogP contribution < -0.4 is 10.5 Å². The Labute approximate surface area is 113 Å². The molecule has 0 heterocycles. The largest absolute Gasteiger partial charge is 0.455 e. The third-order valence-corrected chi connectivity index (χ3v) is 3.00. The summed E-state index contributed by atoms with van der Waals surface area (Å²) < 4.78 is 19.7. The van der Waals surface area contributed by atoms with Crippen molar-refractivity contribution in [2.24, 2.45) is 0 Å². The lowest BCUT2D eigenvalue weighted by molar-refractivity contribution is 0.482. The number of benzene rings is 2. The Morgan fingerprint density at radius 2 is 1.94 bits per heavy atom. The second kappa shape index (κ2) is 4.91. The fourth-order valence-corrected chi connectivity index (χ4v) is 1.94. The van der Waals surface area contributed by atoms with Crippen LogP contribution in [-0.2, 0) is 0 Å². The van der Waals surface area contributed by atoms with Crippen LogP contribution in [0.2, 0.25) is 0 Å². The van der Waals surface area contributed by atoms with E-state index in [-0.39, 0.29) is 5.82 Å². The minimum atomic E-state index is -0.243. The molecule has 0 fully saturated rings. The van der Waals surface area contributed by atoms with E-state index in [9.17, 15) is 4.39 Å². The first-order chi connectivity index (χ1) is 8.06. The van der Waals surface area contributed by atoms with Gasteiger partial charge in [0.25, 0.3) is 0 Å². The van der Waals surface area contributed by atoms with Crippen molar-refractivity contribution >= 4 is 28.3 Å². The van der Waals surface area contributed by atoms with Gasteiger partial charge in [-0.15, -0.1) is 0 Å². The van der Waals surface area contributed by atoms with Gasteiger partial charge in [-0.3, -0.25) is 0 Å². The van der Waals surface area contributed by atoms with Gasteiger partial charge in [0, 0.05) is 3.57 Å². The van der Waals surface area contributed by atoms with Crippen LogP contribution >= 0.6 is 22.6 Å². The molecule has 2 aromatic rings. The quantitative estimate of drug-likeness (QED) is 0.658. The molecule has 2 nitrogen and oxygen atoms in total. The number of nitrogens with two attached hydrogens (primary N) is 1. The highest BCUT2D eigenvalue weighted by Gasteiger charge is 2.04. The van der Waals surface area contributed by atoms with E-state index in [4.69, 9.17) is 10.5 Å². The number of ether oxygens (including phenoxy) is 1. The monoisotopic (exact) mass is 343 g/mol. The highest BCUT2D eigenvalue weighted by atomic mass is 127. The topological polar surface area (TPSA) is 35.2 Å². The van der Waals surface area contributed by atoms with Crippen LogP contribution in [0.1, 0.15) is 5.56 Å². The summed E-state index contributed by atoms with van der Waals surface area (Å²) >= 11 is 2.18. The number of hydrogen-bond donors (Lipinski definition) is 1. The first-order valence-electron chi connectivity index (χ1n) is 5.05. The SMILES string of the molecule is Cc1cc(Oc2ccc(I)cc2N)ccc1F. The smallest absolute Gasteiger partial charge is 0.150 e. The Hall–Kier alpha value is -1.30. The zero-order valence-electron chi connectivity index (χ0n) is 9.21. The van der Waals surface area contributed by atoms with Gasteiger partial charge in [0.15, 0.2) is 0 Å². The lowest BCUT2D eigenvalue weighted by Crippen LogP contribution is -1.93. The maximum atomic E-state index is 13.1. The van der Waals surface area contributed by atoms with Gasteiger partial charge in [0.2, 0.25) is 0 Å². The summed E-state index contributed by atoms with van der Waals surface area (Å²) in [5.41, 5.74) is 6.95. The van der Waals surface area contributed by atoms with E-state index in [0.717, 1.165) is 3.57 Å². The summed E-state index contributed by atoms with van der Waals surface area (Å²) in [4.78, 5) is 0. The Balaban J connectivity index is 2.28. The number of nitrogen functional groups attached to an aromatic ring is 1. The van der Waals surface area contributed by atoms with Gasteiger partial charge in [0.05, 0.1) is 5.69 Å². The molecule has 17 heavy (non-hydrogen) atoms. The van der Waals surface area contributed by atoms with Gasteiger partial charge >= 0.3 is 0 Å². The highest BCUT2D eigenvalue weighted by molar-refractivity contribution is 14.1. The second-order valence-electron chi connectivity index (χ2n) is 3.70. The molecule has 0 saturated heterocycles. The molecular weight excluding hydrogens is 332 g/mol. The average molecular weight is 343 g/mol. The zero-order chi connectivity index (χ0) is 12.4. The summed E-state index contributed by atoms with van der Waals surface area (Å²) in [6.07, 6.45) is 0. The van der Waals surface area contributed by atoms with Crippen molar-refractivity contribution in [1.82, 2.24) is 0 Å². The predicted molar refractivity (Wildman–Crippen MR) is 74.8 cm³/mol. The van der Waals surface area contributed by atoms with Crippen LogP contribution in [0.4, 0.5) is 10.1 Å². The van der Waals surface area contributed by atoms with Crippen molar-refractivity contribution in [2.75, 3.05) is 5.73 Å². The van der Waals surface area contributed by atoms with Crippen LogP contribution in [0, 0.1) is 16.3 Å². The third-order valence-electron chi connectivity index (χ3n) is 2.33. The van der Waals surface area contributed by atoms with Crippen LogP contribution in [0.3, 0.4) is 0 Å². The molecule has 2 aromatic carbocycles. The minimum Gasteiger partial charge on any atom is -0.455 e. The molecule has 0 unspecified atom stereocenters. The summed E-state index contributed by atoms with van der Waals surface area (Å²) in [7, 11) is 0. The van der Waals surface area contributed by atoms with E-state index in [1.165, 1.54) is 6.07 Å². The van der Waals surface area contributed by atoms with E-state index < -0.39 is 0 Å². The second-order valence-corrected chi connectivity index (χ2v) is 4.94. The molecule has 0 saturated carbocycles. The molecule has 0 aromatic heterocycles.